The highest BCUT2D eigenvalue weighted by Crippen LogP contribution is 2.47. The Morgan fingerprint density at radius 1 is 1.14 bits per heavy atom. The van der Waals surface area contributed by atoms with E-state index in [-0.39, 0.29) is 18.4 Å². The van der Waals surface area contributed by atoms with Gasteiger partial charge in [0, 0.05) is 0 Å². The lowest BCUT2D eigenvalue weighted by atomic mass is 10.0. The maximum Gasteiger partial charge on any atom is 0.240 e. The first-order valence-electron chi connectivity index (χ1n) is 6.98. The molecule has 1 aromatic heterocycles. The third-order valence-electron chi connectivity index (χ3n) is 3.74. The number of hydrogen-bond acceptors (Lipinski definition) is 3. The van der Waals surface area contributed by atoms with Crippen LogP contribution in [0.15, 0.2) is 47.1 Å². The van der Waals surface area contributed by atoms with Crippen LogP contribution in [0.1, 0.15) is 18.6 Å². The Bertz CT molecular complexity index is 693. The van der Waals surface area contributed by atoms with Crippen molar-refractivity contribution in [2.75, 3.05) is 5.32 Å². The van der Waals surface area contributed by atoms with Gasteiger partial charge in [-0.15, -0.1) is 0 Å². The first-order chi connectivity index (χ1) is 10.6. The molecule has 0 bridgehead atoms. The minimum Gasteiger partial charge on any atom is -0.467 e. The molecule has 2 aromatic rings. The molecule has 114 valence electrons. The third kappa shape index (κ3) is 2.85. The molecule has 0 aliphatic heterocycles. The van der Waals surface area contributed by atoms with E-state index in [1.807, 2.05) is 0 Å². The monoisotopic (exact) mass is 318 g/mol. The number of para-hydroxylation sites is 1. The predicted molar refractivity (Wildman–Crippen MR) is 82.3 cm³/mol. The van der Waals surface area contributed by atoms with Crippen LogP contribution in [0.5, 0.6) is 0 Å². The van der Waals surface area contributed by atoms with Crippen molar-refractivity contribution < 1.29 is 14.0 Å². The average molecular weight is 319 g/mol. The first-order valence-corrected chi connectivity index (χ1v) is 7.36. The molecular formula is C16H15ClN2O3. The molecule has 22 heavy (non-hydrogen) atoms. The van der Waals surface area contributed by atoms with Crippen LogP contribution in [-0.4, -0.2) is 11.8 Å². The fourth-order valence-electron chi connectivity index (χ4n) is 2.24. The molecule has 2 N–H and O–H groups in total. The maximum atomic E-state index is 12.4. The van der Waals surface area contributed by atoms with Crippen molar-refractivity contribution in [2.45, 2.75) is 19.4 Å². The van der Waals surface area contributed by atoms with Crippen molar-refractivity contribution in [1.29, 1.82) is 0 Å². The molecule has 1 heterocycles. The van der Waals surface area contributed by atoms with Crippen molar-refractivity contribution in [3.8, 4) is 0 Å². The van der Waals surface area contributed by atoms with Crippen LogP contribution in [0.4, 0.5) is 5.69 Å². The molecule has 0 saturated heterocycles. The molecule has 0 atom stereocenters. The number of amides is 2. The van der Waals surface area contributed by atoms with Gasteiger partial charge in [-0.05, 0) is 37.1 Å². The Morgan fingerprint density at radius 2 is 1.91 bits per heavy atom. The molecular weight excluding hydrogens is 304 g/mol. The van der Waals surface area contributed by atoms with Crippen LogP contribution in [0.25, 0.3) is 0 Å². The van der Waals surface area contributed by atoms with E-state index in [1.54, 1.807) is 42.7 Å². The standard InChI is InChI=1S/C16H15ClN2O3/c17-12-5-1-2-6-13(12)19-15(21)16(7-8-16)14(20)18-10-11-4-3-9-22-11/h1-6,9H,7-8,10H2,(H,18,20)(H,19,21). The smallest absolute Gasteiger partial charge is 0.240 e. The number of carbonyl (C=O) groups excluding carboxylic acids is 2. The largest absolute Gasteiger partial charge is 0.467 e. The molecule has 2 amide bonds. The SMILES string of the molecule is O=C(NCc1ccco1)C1(C(=O)Nc2ccccc2Cl)CC1. The number of benzene rings is 1. The fourth-order valence-corrected chi connectivity index (χ4v) is 2.42. The molecule has 5 nitrogen and oxygen atoms in total. The van der Waals surface area contributed by atoms with Gasteiger partial charge in [0.2, 0.25) is 11.8 Å². The van der Waals surface area contributed by atoms with Gasteiger partial charge < -0.3 is 15.1 Å². The second-order valence-corrected chi connectivity index (χ2v) is 5.69. The van der Waals surface area contributed by atoms with Gasteiger partial charge in [-0.1, -0.05) is 23.7 Å². The molecule has 1 aliphatic carbocycles. The topological polar surface area (TPSA) is 71.3 Å². The second kappa shape index (κ2) is 5.85. The number of furan rings is 1. The third-order valence-corrected chi connectivity index (χ3v) is 4.07. The molecule has 1 fully saturated rings. The summed E-state index contributed by atoms with van der Waals surface area (Å²) in [5, 5.41) is 5.92. The second-order valence-electron chi connectivity index (χ2n) is 5.28. The number of halogens is 1. The van der Waals surface area contributed by atoms with Gasteiger partial charge in [-0.2, -0.15) is 0 Å². The van der Waals surface area contributed by atoms with E-state index in [4.69, 9.17) is 16.0 Å². The number of anilines is 1. The zero-order chi connectivity index (χ0) is 15.6. The number of nitrogens with one attached hydrogen (secondary N) is 2. The Labute approximate surface area is 132 Å². The Kier molecular flexibility index (Phi) is 3.90. The van der Waals surface area contributed by atoms with Crippen molar-refractivity contribution in [3.05, 3.63) is 53.4 Å². The van der Waals surface area contributed by atoms with Crippen LogP contribution in [0.2, 0.25) is 5.02 Å². The minimum atomic E-state index is -0.994. The van der Waals surface area contributed by atoms with E-state index >= 15 is 0 Å². The molecule has 3 rings (SSSR count). The van der Waals surface area contributed by atoms with Gasteiger partial charge in [0.05, 0.1) is 23.5 Å². The summed E-state index contributed by atoms with van der Waals surface area (Å²) in [4.78, 5) is 24.7. The van der Waals surface area contributed by atoms with E-state index in [9.17, 15) is 9.59 Å². The van der Waals surface area contributed by atoms with E-state index in [1.165, 1.54) is 0 Å². The van der Waals surface area contributed by atoms with Crippen molar-refractivity contribution in [3.63, 3.8) is 0 Å². The van der Waals surface area contributed by atoms with Crippen molar-refractivity contribution in [1.82, 2.24) is 5.32 Å². The van der Waals surface area contributed by atoms with Gasteiger partial charge in [-0.25, -0.2) is 0 Å². The molecule has 1 aromatic carbocycles. The molecule has 1 saturated carbocycles. The maximum absolute atomic E-state index is 12.4. The Morgan fingerprint density at radius 3 is 2.55 bits per heavy atom. The van der Waals surface area contributed by atoms with E-state index in [2.05, 4.69) is 10.6 Å². The molecule has 6 heteroatoms. The lowest BCUT2D eigenvalue weighted by Crippen LogP contribution is -2.39. The zero-order valence-electron chi connectivity index (χ0n) is 11.8. The Balaban J connectivity index is 1.64. The van der Waals surface area contributed by atoms with Crippen LogP contribution >= 0.6 is 11.6 Å². The van der Waals surface area contributed by atoms with E-state index in [0.717, 1.165) is 0 Å². The highest BCUT2D eigenvalue weighted by atomic mass is 35.5. The normalized spacial score (nSPS) is 15.1. The lowest BCUT2D eigenvalue weighted by molar-refractivity contribution is -0.134. The molecule has 1 aliphatic rings. The van der Waals surface area contributed by atoms with E-state index in [0.29, 0.717) is 29.3 Å². The van der Waals surface area contributed by atoms with Crippen molar-refractivity contribution >= 4 is 29.1 Å². The highest BCUT2D eigenvalue weighted by molar-refractivity contribution is 6.34. The predicted octanol–water partition coefficient (Wildman–Crippen LogP) is 2.97. The number of hydrogen-bond donors (Lipinski definition) is 2. The number of rotatable bonds is 5. The quantitative estimate of drug-likeness (QED) is 0.833. The average Bonchev–Trinajstić information content (AvgIpc) is 3.17. The van der Waals surface area contributed by atoms with Crippen LogP contribution < -0.4 is 10.6 Å². The fraction of sp³-hybridized carbons (Fsp3) is 0.250. The summed E-state index contributed by atoms with van der Waals surface area (Å²) in [5.41, 5.74) is -0.481. The molecule has 0 unspecified atom stereocenters. The molecule has 0 radical (unpaired) electrons. The van der Waals surface area contributed by atoms with Crippen LogP contribution in [-0.2, 0) is 16.1 Å². The summed E-state index contributed by atoms with van der Waals surface area (Å²) in [6.45, 7) is 0.271. The van der Waals surface area contributed by atoms with Gasteiger partial charge in [0.1, 0.15) is 11.2 Å². The zero-order valence-corrected chi connectivity index (χ0v) is 12.5. The summed E-state index contributed by atoms with van der Waals surface area (Å²) in [5.74, 6) is 0.0432. The van der Waals surface area contributed by atoms with Crippen LogP contribution in [0.3, 0.4) is 0 Å². The minimum absolute atomic E-state index is 0.271. The summed E-state index contributed by atoms with van der Waals surface area (Å²) < 4.78 is 5.16. The van der Waals surface area contributed by atoms with Crippen molar-refractivity contribution in [2.24, 2.45) is 5.41 Å². The van der Waals surface area contributed by atoms with E-state index < -0.39 is 5.41 Å². The summed E-state index contributed by atoms with van der Waals surface area (Å²) in [7, 11) is 0. The van der Waals surface area contributed by atoms with Gasteiger partial charge in [0.15, 0.2) is 0 Å². The van der Waals surface area contributed by atoms with Gasteiger partial charge >= 0.3 is 0 Å². The van der Waals surface area contributed by atoms with Gasteiger partial charge in [-0.3, -0.25) is 9.59 Å². The van der Waals surface area contributed by atoms with Crippen LogP contribution in [0, 0.1) is 5.41 Å². The van der Waals surface area contributed by atoms with Gasteiger partial charge in [0.25, 0.3) is 0 Å². The summed E-state index contributed by atoms with van der Waals surface area (Å²) in [6, 6.07) is 10.5. The molecule has 0 spiro atoms. The first kappa shape index (κ1) is 14.7. The Hall–Kier alpha value is -2.27. The highest BCUT2D eigenvalue weighted by Gasteiger charge is 2.56. The summed E-state index contributed by atoms with van der Waals surface area (Å²) in [6.07, 6.45) is 2.61. The number of carbonyl (C=O) groups is 2. The lowest BCUT2D eigenvalue weighted by Gasteiger charge is -2.15. The summed E-state index contributed by atoms with van der Waals surface area (Å²) >= 11 is 6.02.